The van der Waals surface area contributed by atoms with Crippen LogP contribution in [0.3, 0.4) is 0 Å². The number of para-hydroxylation sites is 2. The Bertz CT molecular complexity index is 539. The van der Waals surface area contributed by atoms with E-state index in [4.69, 9.17) is 14.3 Å². The second-order valence-electron chi connectivity index (χ2n) is 6.21. The lowest BCUT2D eigenvalue weighted by atomic mass is 10.1. The SMILES string of the molecule is CCC1=NOC(CN2CCC(Oc3ccccc3OC)CC2)C1. The van der Waals surface area contributed by atoms with Crippen LogP contribution in [0.25, 0.3) is 0 Å². The number of benzene rings is 1. The Morgan fingerprint density at radius 3 is 2.61 bits per heavy atom. The number of rotatable bonds is 6. The van der Waals surface area contributed by atoms with Crippen molar-refractivity contribution in [3.63, 3.8) is 0 Å². The minimum atomic E-state index is 0.233. The van der Waals surface area contributed by atoms with Gasteiger partial charge in [-0.2, -0.15) is 0 Å². The lowest BCUT2D eigenvalue weighted by molar-refractivity contribution is 0.0302. The molecule has 5 heteroatoms. The third kappa shape index (κ3) is 4.16. The van der Waals surface area contributed by atoms with E-state index in [1.165, 1.54) is 5.71 Å². The van der Waals surface area contributed by atoms with E-state index < -0.39 is 0 Å². The molecule has 0 amide bonds. The number of ether oxygens (including phenoxy) is 2. The number of hydrogen-bond donors (Lipinski definition) is 0. The maximum atomic E-state index is 6.12. The normalized spacial score (nSPS) is 22.5. The van der Waals surface area contributed by atoms with Crippen molar-refractivity contribution in [1.29, 1.82) is 0 Å². The minimum absolute atomic E-state index is 0.233. The molecule has 0 aromatic heterocycles. The van der Waals surface area contributed by atoms with Gasteiger partial charge in [-0.3, -0.25) is 4.90 Å². The van der Waals surface area contributed by atoms with E-state index in [9.17, 15) is 0 Å². The number of piperidine rings is 1. The molecule has 0 spiro atoms. The van der Waals surface area contributed by atoms with Crippen molar-refractivity contribution >= 4 is 5.71 Å². The molecule has 1 fully saturated rings. The molecule has 1 saturated heterocycles. The number of nitrogens with zero attached hydrogens (tertiary/aromatic N) is 2. The summed E-state index contributed by atoms with van der Waals surface area (Å²) in [5.41, 5.74) is 1.18. The first-order chi connectivity index (χ1) is 11.3. The molecular formula is C18H26N2O3. The quantitative estimate of drug-likeness (QED) is 0.808. The molecule has 0 aliphatic carbocycles. The van der Waals surface area contributed by atoms with Crippen molar-refractivity contribution < 1.29 is 14.3 Å². The van der Waals surface area contributed by atoms with Gasteiger partial charge in [0.1, 0.15) is 12.2 Å². The zero-order valence-electron chi connectivity index (χ0n) is 14.0. The van der Waals surface area contributed by atoms with Crippen LogP contribution in [0, 0.1) is 0 Å². The predicted octanol–water partition coefficient (Wildman–Crippen LogP) is 3.09. The van der Waals surface area contributed by atoms with Crippen LogP contribution in [0.15, 0.2) is 29.4 Å². The second kappa shape index (κ2) is 7.68. The van der Waals surface area contributed by atoms with E-state index in [0.717, 1.165) is 56.8 Å². The van der Waals surface area contributed by atoms with Crippen LogP contribution >= 0.6 is 0 Å². The standard InChI is InChI=1S/C18H26N2O3/c1-3-14-12-16(23-19-14)13-20-10-8-15(9-11-20)22-18-7-5-4-6-17(18)21-2/h4-7,15-16H,3,8-13H2,1-2H3. The highest BCUT2D eigenvalue weighted by atomic mass is 16.6. The monoisotopic (exact) mass is 318 g/mol. The highest BCUT2D eigenvalue weighted by Crippen LogP contribution is 2.29. The first kappa shape index (κ1) is 16.1. The van der Waals surface area contributed by atoms with E-state index in [1.807, 2.05) is 24.3 Å². The topological polar surface area (TPSA) is 43.3 Å². The maximum Gasteiger partial charge on any atom is 0.161 e. The van der Waals surface area contributed by atoms with Crippen LogP contribution in [0.2, 0.25) is 0 Å². The van der Waals surface area contributed by atoms with Crippen LogP contribution < -0.4 is 9.47 Å². The molecule has 5 nitrogen and oxygen atoms in total. The number of likely N-dealkylation sites (tertiary alicyclic amines) is 1. The summed E-state index contributed by atoms with van der Waals surface area (Å²) in [5.74, 6) is 1.65. The summed E-state index contributed by atoms with van der Waals surface area (Å²) < 4.78 is 11.5. The van der Waals surface area contributed by atoms with Gasteiger partial charge in [0.25, 0.3) is 0 Å². The zero-order valence-corrected chi connectivity index (χ0v) is 14.0. The van der Waals surface area contributed by atoms with E-state index in [1.54, 1.807) is 7.11 Å². The molecule has 0 N–H and O–H groups in total. The summed E-state index contributed by atoms with van der Waals surface area (Å²) in [4.78, 5) is 7.97. The Kier molecular flexibility index (Phi) is 5.39. The van der Waals surface area contributed by atoms with Crippen LogP contribution in [0.4, 0.5) is 0 Å². The molecule has 1 aromatic rings. The van der Waals surface area contributed by atoms with Gasteiger partial charge in [-0.1, -0.05) is 24.2 Å². The van der Waals surface area contributed by atoms with Gasteiger partial charge >= 0.3 is 0 Å². The Morgan fingerprint density at radius 1 is 1.22 bits per heavy atom. The number of methoxy groups -OCH3 is 1. The summed E-state index contributed by atoms with van der Waals surface area (Å²) in [6.07, 6.45) is 4.53. The third-order valence-electron chi connectivity index (χ3n) is 4.56. The van der Waals surface area contributed by atoms with Crippen LogP contribution in [-0.2, 0) is 4.84 Å². The van der Waals surface area contributed by atoms with Crippen molar-refractivity contribution in [2.45, 2.75) is 44.8 Å². The molecule has 0 bridgehead atoms. The van der Waals surface area contributed by atoms with Gasteiger partial charge in [-0.05, 0) is 31.4 Å². The lowest BCUT2D eigenvalue weighted by Crippen LogP contribution is -2.42. The molecule has 23 heavy (non-hydrogen) atoms. The summed E-state index contributed by atoms with van der Waals surface area (Å²) >= 11 is 0. The van der Waals surface area contributed by atoms with Gasteiger partial charge in [0.15, 0.2) is 11.5 Å². The summed E-state index contributed by atoms with van der Waals surface area (Å²) in [6, 6.07) is 7.85. The first-order valence-corrected chi connectivity index (χ1v) is 8.52. The molecule has 126 valence electrons. The smallest absolute Gasteiger partial charge is 0.161 e. The summed E-state index contributed by atoms with van der Waals surface area (Å²) in [5, 5.41) is 4.14. The van der Waals surface area contributed by atoms with E-state index in [-0.39, 0.29) is 12.2 Å². The maximum absolute atomic E-state index is 6.12. The van der Waals surface area contributed by atoms with Crippen molar-refractivity contribution in [3.8, 4) is 11.5 Å². The van der Waals surface area contributed by atoms with Gasteiger partial charge in [0.2, 0.25) is 0 Å². The van der Waals surface area contributed by atoms with E-state index in [2.05, 4.69) is 17.0 Å². The molecule has 0 saturated carbocycles. The summed E-state index contributed by atoms with van der Waals surface area (Å²) in [7, 11) is 1.68. The van der Waals surface area contributed by atoms with Gasteiger partial charge in [-0.15, -0.1) is 0 Å². The predicted molar refractivity (Wildman–Crippen MR) is 90.3 cm³/mol. The first-order valence-electron chi connectivity index (χ1n) is 8.52. The highest BCUT2D eigenvalue weighted by molar-refractivity contribution is 5.85. The molecular weight excluding hydrogens is 292 g/mol. The molecule has 1 aromatic carbocycles. The van der Waals surface area contributed by atoms with Gasteiger partial charge in [0.05, 0.1) is 12.8 Å². The Labute approximate surface area is 138 Å². The number of oxime groups is 1. The fourth-order valence-corrected chi connectivity index (χ4v) is 3.19. The van der Waals surface area contributed by atoms with Gasteiger partial charge in [0, 0.05) is 26.1 Å². The van der Waals surface area contributed by atoms with Crippen LogP contribution in [0.5, 0.6) is 11.5 Å². The van der Waals surface area contributed by atoms with Crippen molar-refractivity contribution in [2.24, 2.45) is 5.16 Å². The van der Waals surface area contributed by atoms with E-state index in [0.29, 0.717) is 0 Å². The summed E-state index contributed by atoms with van der Waals surface area (Å²) in [6.45, 7) is 5.18. The molecule has 3 rings (SSSR count). The highest BCUT2D eigenvalue weighted by Gasteiger charge is 2.26. The molecule has 1 atom stereocenters. The molecule has 2 aliphatic rings. The largest absolute Gasteiger partial charge is 0.493 e. The minimum Gasteiger partial charge on any atom is -0.493 e. The van der Waals surface area contributed by atoms with Crippen LogP contribution in [0.1, 0.15) is 32.6 Å². The Morgan fingerprint density at radius 2 is 1.96 bits per heavy atom. The second-order valence-corrected chi connectivity index (χ2v) is 6.21. The van der Waals surface area contributed by atoms with Crippen molar-refractivity contribution in [2.75, 3.05) is 26.7 Å². The average molecular weight is 318 g/mol. The third-order valence-corrected chi connectivity index (χ3v) is 4.56. The molecule has 0 radical (unpaired) electrons. The van der Waals surface area contributed by atoms with E-state index >= 15 is 0 Å². The fourth-order valence-electron chi connectivity index (χ4n) is 3.19. The Balaban J connectivity index is 1.44. The molecule has 2 heterocycles. The average Bonchev–Trinajstić information content (AvgIpc) is 3.05. The lowest BCUT2D eigenvalue weighted by Gasteiger charge is -2.33. The van der Waals surface area contributed by atoms with Crippen molar-refractivity contribution in [1.82, 2.24) is 4.90 Å². The van der Waals surface area contributed by atoms with Gasteiger partial charge in [-0.25, -0.2) is 0 Å². The molecule has 1 unspecified atom stereocenters. The zero-order chi connectivity index (χ0) is 16.1. The van der Waals surface area contributed by atoms with Gasteiger partial charge < -0.3 is 14.3 Å². The van der Waals surface area contributed by atoms with Crippen LogP contribution in [-0.4, -0.2) is 49.6 Å². The fraction of sp³-hybridized carbons (Fsp3) is 0.611. The van der Waals surface area contributed by atoms with Crippen molar-refractivity contribution in [3.05, 3.63) is 24.3 Å². The Hall–Kier alpha value is -1.75. The number of hydrogen-bond acceptors (Lipinski definition) is 5. The molecule has 2 aliphatic heterocycles.